The zero-order valence-electron chi connectivity index (χ0n) is 13.2. The summed E-state index contributed by atoms with van der Waals surface area (Å²) in [5.41, 5.74) is 0.784. The fourth-order valence-electron chi connectivity index (χ4n) is 2.48. The van der Waals surface area contributed by atoms with Crippen LogP contribution in [0.15, 0.2) is 35.3 Å². The lowest BCUT2D eigenvalue weighted by molar-refractivity contribution is 0.102. The van der Waals surface area contributed by atoms with Crippen LogP contribution in [-0.4, -0.2) is 33.7 Å². The first-order valence-corrected chi connectivity index (χ1v) is 8.23. The molecule has 130 valence electrons. The molecule has 3 aromatic rings. The van der Waals surface area contributed by atoms with E-state index in [1.165, 1.54) is 10.6 Å². The minimum Gasteiger partial charge on any atom is -0.395 e. The van der Waals surface area contributed by atoms with Gasteiger partial charge < -0.3 is 15.0 Å². The molecule has 9 heteroatoms. The maximum Gasteiger partial charge on any atom is 0.263 e. The summed E-state index contributed by atoms with van der Waals surface area (Å²) >= 11 is 0.680. The van der Waals surface area contributed by atoms with E-state index in [1.54, 1.807) is 25.2 Å². The third kappa shape index (κ3) is 3.37. The van der Waals surface area contributed by atoms with E-state index in [0.717, 1.165) is 6.20 Å². The maximum atomic E-state index is 13.0. The van der Waals surface area contributed by atoms with E-state index in [-0.39, 0.29) is 17.3 Å². The summed E-state index contributed by atoms with van der Waals surface area (Å²) in [6.07, 6.45) is 0.996. The normalized spacial score (nSPS) is 10.8. The smallest absolute Gasteiger partial charge is 0.263 e. The number of carbonyl (C=O) groups excluding carboxylic acids is 1. The van der Waals surface area contributed by atoms with Gasteiger partial charge in [0.25, 0.3) is 11.5 Å². The number of amides is 1. The zero-order chi connectivity index (χ0) is 18.0. The Morgan fingerprint density at radius 1 is 1.44 bits per heavy atom. The second-order valence-corrected chi connectivity index (χ2v) is 6.22. The number of aryl methyl sites for hydroxylation is 1. The van der Waals surface area contributed by atoms with E-state index in [4.69, 9.17) is 5.11 Å². The van der Waals surface area contributed by atoms with Crippen LogP contribution in [0.2, 0.25) is 0 Å². The van der Waals surface area contributed by atoms with Gasteiger partial charge >= 0.3 is 0 Å². The van der Waals surface area contributed by atoms with Gasteiger partial charge in [0.05, 0.1) is 18.3 Å². The summed E-state index contributed by atoms with van der Waals surface area (Å²) < 4.78 is 14.4. The number of carbonyl (C=O) groups is 1. The number of hydrogen-bond donors (Lipinski definition) is 3. The number of anilines is 2. The summed E-state index contributed by atoms with van der Waals surface area (Å²) in [6, 6.07) is 6.81. The lowest BCUT2D eigenvalue weighted by Gasteiger charge is -2.13. The number of aromatic nitrogens is 2. The number of hydrogen-bond acceptors (Lipinski definition) is 6. The lowest BCUT2D eigenvalue weighted by atomic mass is 10.1. The van der Waals surface area contributed by atoms with Crippen molar-refractivity contribution >= 4 is 39.0 Å². The summed E-state index contributed by atoms with van der Waals surface area (Å²) in [5.74, 6) is -0.659. The molecule has 2 aromatic heterocycles. The molecule has 7 nitrogen and oxygen atoms in total. The first kappa shape index (κ1) is 17.1. The minimum atomic E-state index is -0.659. The van der Waals surface area contributed by atoms with Gasteiger partial charge in [-0.1, -0.05) is 17.4 Å². The number of fused-ring (bicyclic) bond motifs is 1. The highest BCUT2D eigenvalue weighted by atomic mass is 32.1. The molecule has 1 aromatic carbocycles. The molecule has 0 atom stereocenters. The number of nitrogens with zero attached hydrogens (tertiary/aromatic N) is 2. The quantitative estimate of drug-likeness (QED) is 0.643. The number of halogens is 1. The Kier molecular flexibility index (Phi) is 4.77. The Hall–Kier alpha value is -2.78. The molecule has 0 radical (unpaired) electrons. The highest BCUT2D eigenvalue weighted by molar-refractivity contribution is 7.14. The fourth-order valence-corrected chi connectivity index (χ4v) is 3.02. The summed E-state index contributed by atoms with van der Waals surface area (Å²) in [7, 11) is 1.57. The minimum absolute atomic E-state index is 0.0505. The lowest BCUT2D eigenvalue weighted by Crippen LogP contribution is -2.28. The van der Waals surface area contributed by atoms with Crippen LogP contribution in [0, 0.1) is 5.13 Å². The Balaban J connectivity index is 2.06. The van der Waals surface area contributed by atoms with Crippen molar-refractivity contribution in [3.05, 3.63) is 51.5 Å². The van der Waals surface area contributed by atoms with Gasteiger partial charge in [0.2, 0.25) is 0 Å². The van der Waals surface area contributed by atoms with E-state index < -0.39 is 16.6 Å². The van der Waals surface area contributed by atoms with Gasteiger partial charge in [0.1, 0.15) is 5.56 Å². The largest absolute Gasteiger partial charge is 0.395 e. The molecule has 0 aliphatic heterocycles. The van der Waals surface area contributed by atoms with Gasteiger partial charge in [0.15, 0.2) is 10.3 Å². The third-order valence-corrected chi connectivity index (χ3v) is 4.34. The van der Waals surface area contributed by atoms with Crippen LogP contribution < -0.4 is 16.2 Å². The van der Waals surface area contributed by atoms with Crippen molar-refractivity contribution in [2.75, 3.05) is 23.8 Å². The highest BCUT2D eigenvalue weighted by Gasteiger charge is 2.17. The molecule has 2 heterocycles. The van der Waals surface area contributed by atoms with Crippen LogP contribution in [0.3, 0.4) is 0 Å². The van der Waals surface area contributed by atoms with Crippen molar-refractivity contribution in [2.24, 2.45) is 7.05 Å². The summed E-state index contributed by atoms with van der Waals surface area (Å²) in [6.45, 7) is 0.285. The van der Waals surface area contributed by atoms with Crippen LogP contribution in [0.25, 0.3) is 10.9 Å². The molecule has 25 heavy (non-hydrogen) atoms. The second-order valence-electron chi connectivity index (χ2n) is 5.23. The van der Waals surface area contributed by atoms with Gasteiger partial charge in [-0.25, -0.2) is 4.98 Å². The molecule has 0 bridgehead atoms. The van der Waals surface area contributed by atoms with Crippen molar-refractivity contribution in [2.45, 2.75) is 0 Å². The van der Waals surface area contributed by atoms with Crippen molar-refractivity contribution in [1.82, 2.24) is 9.55 Å². The molecule has 0 spiro atoms. The van der Waals surface area contributed by atoms with Gasteiger partial charge in [-0.05, 0) is 18.2 Å². The van der Waals surface area contributed by atoms with E-state index in [1.807, 2.05) is 0 Å². The topological polar surface area (TPSA) is 96.2 Å². The Bertz CT molecular complexity index is 999. The van der Waals surface area contributed by atoms with E-state index in [9.17, 15) is 14.0 Å². The monoisotopic (exact) mass is 362 g/mol. The van der Waals surface area contributed by atoms with Gasteiger partial charge in [-0.15, -0.1) is 0 Å². The SMILES string of the molecule is Cn1c(=O)c(C(=O)Nc2ncc(F)s2)cc2c(NCCO)cccc21. The van der Waals surface area contributed by atoms with Gasteiger partial charge in [0, 0.05) is 24.7 Å². The predicted octanol–water partition coefficient (Wildman–Crippen LogP) is 1.79. The molecule has 0 aliphatic rings. The number of nitrogens with one attached hydrogen (secondary N) is 2. The van der Waals surface area contributed by atoms with Crippen LogP contribution in [0.5, 0.6) is 0 Å². The van der Waals surface area contributed by atoms with E-state index >= 15 is 0 Å². The zero-order valence-corrected chi connectivity index (χ0v) is 14.1. The molecule has 0 unspecified atom stereocenters. The molecule has 0 saturated heterocycles. The standard InChI is InChI=1S/C16H15FN4O3S/c1-21-12-4-2-3-11(18-5-6-22)9(12)7-10(15(21)24)14(23)20-16-19-8-13(17)25-16/h2-4,7-8,18,22H,5-6H2,1H3,(H,19,20,23). The average molecular weight is 362 g/mol. The molecule has 1 amide bonds. The molecule has 0 aliphatic carbocycles. The molecule has 0 saturated carbocycles. The van der Waals surface area contributed by atoms with Crippen LogP contribution in [0.1, 0.15) is 10.4 Å². The average Bonchev–Trinajstić information content (AvgIpc) is 3.00. The fraction of sp³-hybridized carbons (Fsp3) is 0.188. The van der Waals surface area contributed by atoms with Crippen molar-refractivity contribution in [3.63, 3.8) is 0 Å². The number of aliphatic hydroxyl groups is 1. The molecular formula is C16H15FN4O3S. The van der Waals surface area contributed by atoms with Crippen LogP contribution in [-0.2, 0) is 7.05 Å². The molecular weight excluding hydrogens is 347 g/mol. The third-order valence-electron chi connectivity index (χ3n) is 3.64. The van der Waals surface area contributed by atoms with Crippen molar-refractivity contribution in [3.8, 4) is 0 Å². The maximum absolute atomic E-state index is 13.0. The number of aliphatic hydroxyl groups excluding tert-OH is 1. The summed E-state index contributed by atoms with van der Waals surface area (Å²) in [5, 5.41) is 14.7. The first-order chi connectivity index (χ1) is 12.0. The van der Waals surface area contributed by atoms with Crippen LogP contribution in [0.4, 0.5) is 15.2 Å². The van der Waals surface area contributed by atoms with Crippen LogP contribution >= 0.6 is 11.3 Å². The Morgan fingerprint density at radius 3 is 2.92 bits per heavy atom. The first-order valence-electron chi connectivity index (χ1n) is 7.41. The number of pyridine rings is 1. The Labute approximate surface area is 145 Å². The molecule has 0 fully saturated rings. The number of rotatable bonds is 5. The molecule has 3 N–H and O–H groups in total. The molecule has 3 rings (SSSR count). The van der Waals surface area contributed by atoms with E-state index in [0.29, 0.717) is 34.5 Å². The Morgan fingerprint density at radius 2 is 2.24 bits per heavy atom. The van der Waals surface area contributed by atoms with Gasteiger partial charge in [-0.2, -0.15) is 4.39 Å². The van der Waals surface area contributed by atoms with Crippen molar-refractivity contribution in [1.29, 1.82) is 0 Å². The summed E-state index contributed by atoms with van der Waals surface area (Å²) in [4.78, 5) is 28.6. The predicted molar refractivity (Wildman–Crippen MR) is 94.8 cm³/mol. The van der Waals surface area contributed by atoms with E-state index in [2.05, 4.69) is 15.6 Å². The number of benzene rings is 1. The highest BCUT2D eigenvalue weighted by Crippen LogP contribution is 2.23. The number of thiazole rings is 1. The van der Waals surface area contributed by atoms with Gasteiger partial charge in [-0.3, -0.25) is 14.9 Å². The van der Waals surface area contributed by atoms with Crippen molar-refractivity contribution < 1.29 is 14.3 Å². The second kappa shape index (κ2) is 6.99.